The molecule has 0 saturated heterocycles. The molecule has 268 valence electrons. The molecule has 8 nitrogen and oxygen atoms in total. The molecule has 0 spiro atoms. The number of hydrogen-bond acceptors (Lipinski definition) is 4. The normalized spacial score (nSPS) is 11.1. The van der Waals surface area contributed by atoms with E-state index in [0.717, 1.165) is 16.7 Å². The fourth-order valence-electron chi connectivity index (χ4n) is 5.90. The summed E-state index contributed by atoms with van der Waals surface area (Å²) in [5.74, 6) is -2.16. The number of pyridine rings is 2. The van der Waals surface area contributed by atoms with Crippen molar-refractivity contribution in [3.63, 3.8) is 0 Å². The Morgan fingerprint density at radius 1 is 0.481 bits per heavy atom. The number of nitrogens with zero attached hydrogens (tertiary/aromatic N) is 4. The minimum Gasteiger partial charge on any atom is -0.478 e. The summed E-state index contributed by atoms with van der Waals surface area (Å²) in [6, 6.07) is 32.0. The van der Waals surface area contributed by atoms with Gasteiger partial charge in [-0.05, 0) is 48.5 Å². The molecule has 0 bridgehead atoms. The van der Waals surface area contributed by atoms with Gasteiger partial charge >= 0.3 is 11.9 Å². The second-order valence-corrected chi connectivity index (χ2v) is 14.2. The Labute approximate surface area is 337 Å². The maximum atomic E-state index is 11.5. The molecule has 4 heterocycles. The van der Waals surface area contributed by atoms with Crippen LogP contribution in [0.5, 0.6) is 0 Å². The molecule has 2 N–H and O–H groups in total. The largest absolute Gasteiger partial charge is 0.478 e. The van der Waals surface area contributed by atoms with E-state index >= 15 is 0 Å². The number of benzene rings is 4. The summed E-state index contributed by atoms with van der Waals surface area (Å²) in [4.78, 5) is 32.3. The fourth-order valence-corrected chi connectivity index (χ4v) is 7.25. The van der Waals surface area contributed by atoms with E-state index in [-0.39, 0.29) is 21.2 Å². The number of halogens is 6. The Balaban J connectivity index is 0.000000167. The molecule has 8 rings (SSSR count). The molecule has 0 radical (unpaired) electrons. The Morgan fingerprint density at radius 3 is 1.59 bits per heavy atom. The number of carboxylic acid groups (broad SMARTS) is 2. The first kappa shape index (κ1) is 37.3. The van der Waals surface area contributed by atoms with E-state index in [1.807, 2.05) is 60.7 Å². The molecular formula is C40H22Cl6N4O4. The van der Waals surface area contributed by atoms with Gasteiger partial charge in [-0.2, -0.15) is 0 Å². The Kier molecular flexibility index (Phi) is 10.6. The fraction of sp³-hybridized carbons (Fsp3) is 0. The summed E-state index contributed by atoms with van der Waals surface area (Å²) in [7, 11) is 0. The monoisotopic (exact) mass is 832 g/mol. The maximum Gasteiger partial charge on any atom is 0.337 e. The highest BCUT2D eigenvalue weighted by atomic mass is 35.5. The van der Waals surface area contributed by atoms with Crippen molar-refractivity contribution in [2.75, 3.05) is 0 Å². The molecule has 14 heteroatoms. The molecule has 54 heavy (non-hydrogen) atoms. The molecule has 0 atom stereocenters. The van der Waals surface area contributed by atoms with Crippen molar-refractivity contribution in [3.05, 3.63) is 163 Å². The number of imidazole rings is 2. The van der Waals surface area contributed by atoms with Gasteiger partial charge in [-0.15, -0.1) is 0 Å². The Hall–Kier alpha value is -5.06. The van der Waals surface area contributed by atoms with Crippen LogP contribution < -0.4 is 0 Å². The van der Waals surface area contributed by atoms with Crippen molar-refractivity contribution in [1.82, 2.24) is 18.8 Å². The zero-order chi connectivity index (χ0) is 38.3. The van der Waals surface area contributed by atoms with E-state index in [1.54, 1.807) is 45.2 Å². The predicted octanol–water partition coefficient (Wildman–Crippen LogP) is 12.7. The maximum absolute atomic E-state index is 11.5. The minimum atomic E-state index is -1.08. The van der Waals surface area contributed by atoms with Crippen molar-refractivity contribution in [3.8, 4) is 45.0 Å². The smallest absolute Gasteiger partial charge is 0.337 e. The summed E-state index contributed by atoms with van der Waals surface area (Å²) < 4.78 is 3.33. The van der Waals surface area contributed by atoms with Gasteiger partial charge in [-0.25, -0.2) is 19.6 Å². The number of hydrogen-bond donors (Lipinski definition) is 2. The first-order chi connectivity index (χ1) is 25.9. The lowest BCUT2D eigenvalue weighted by molar-refractivity contribution is 0.0685. The van der Waals surface area contributed by atoms with Crippen LogP contribution >= 0.6 is 69.6 Å². The van der Waals surface area contributed by atoms with Crippen molar-refractivity contribution in [2.45, 2.75) is 0 Å². The standard InChI is InChI=1S/2C20H11Cl3N2O2/c21-13-7-5-11(6-8-13)18-17(14-3-1-2-4-15(14)22)24-19-16(23)9-12(20(26)27)10-25(18)19;21-13-6-7-14(15(22)9-13)18-17(11-4-2-1-3-5-11)24-19-16(23)8-12(20(26)27)10-25(18)19/h2*1-10H,(H,26,27). The quantitative estimate of drug-likeness (QED) is 0.173. The van der Waals surface area contributed by atoms with Crippen LogP contribution in [0.3, 0.4) is 0 Å². The van der Waals surface area contributed by atoms with Crippen molar-refractivity contribution in [2.24, 2.45) is 0 Å². The summed E-state index contributed by atoms with van der Waals surface area (Å²) in [6.45, 7) is 0. The highest BCUT2D eigenvalue weighted by Crippen LogP contribution is 2.40. The molecule has 0 unspecified atom stereocenters. The summed E-state index contributed by atoms with van der Waals surface area (Å²) in [5.41, 5.74) is 6.63. The third-order valence-corrected chi connectivity index (χ3v) is 10.0. The van der Waals surface area contributed by atoms with Gasteiger partial charge in [0.05, 0.1) is 54.0 Å². The van der Waals surface area contributed by atoms with Gasteiger partial charge in [0.25, 0.3) is 0 Å². The molecule has 0 aliphatic heterocycles. The molecule has 8 aromatic rings. The second kappa shape index (κ2) is 15.4. The molecule has 0 fully saturated rings. The first-order valence-electron chi connectivity index (χ1n) is 15.8. The van der Waals surface area contributed by atoms with Crippen molar-refractivity contribution >= 4 is 92.8 Å². The Morgan fingerprint density at radius 2 is 1.02 bits per heavy atom. The van der Waals surface area contributed by atoms with Crippen LogP contribution in [-0.2, 0) is 0 Å². The van der Waals surface area contributed by atoms with E-state index in [2.05, 4.69) is 9.97 Å². The zero-order valence-electron chi connectivity index (χ0n) is 27.3. The van der Waals surface area contributed by atoms with Crippen LogP contribution in [0.4, 0.5) is 0 Å². The average molecular weight is 835 g/mol. The molecule has 0 amide bonds. The molecule has 0 aliphatic rings. The van der Waals surface area contributed by atoms with Gasteiger partial charge in [-0.1, -0.05) is 130 Å². The predicted molar refractivity (Wildman–Crippen MR) is 216 cm³/mol. The van der Waals surface area contributed by atoms with Gasteiger partial charge in [0.15, 0.2) is 11.3 Å². The number of aromatic nitrogens is 4. The SMILES string of the molecule is O=C(O)c1cc(Cl)c2nc(-c3ccccc3)c(-c3ccc(Cl)cc3Cl)n2c1.O=C(O)c1cc(Cl)c2nc(-c3ccccc3Cl)c(-c3ccc(Cl)cc3)n2c1. The van der Waals surface area contributed by atoms with Gasteiger partial charge < -0.3 is 10.2 Å². The second-order valence-electron chi connectivity index (χ2n) is 11.7. The van der Waals surface area contributed by atoms with Crippen molar-refractivity contribution in [1.29, 1.82) is 0 Å². The lowest BCUT2D eigenvalue weighted by Gasteiger charge is -2.09. The first-order valence-corrected chi connectivity index (χ1v) is 18.1. The lowest BCUT2D eigenvalue weighted by atomic mass is 10.0. The topological polar surface area (TPSA) is 109 Å². The molecule has 0 saturated carbocycles. The highest BCUT2D eigenvalue weighted by Gasteiger charge is 2.23. The van der Waals surface area contributed by atoms with E-state index in [4.69, 9.17) is 69.6 Å². The molecule has 0 aliphatic carbocycles. The van der Waals surface area contributed by atoms with Crippen LogP contribution in [0, 0.1) is 0 Å². The number of rotatable bonds is 6. The molecular weight excluding hydrogens is 813 g/mol. The summed E-state index contributed by atoms with van der Waals surface area (Å²) >= 11 is 37.6. The number of aromatic carboxylic acids is 2. The number of carbonyl (C=O) groups is 2. The number of carboxylic acids is 2. The van der Waals surface area contributed by atoms with Crippen LogP contribution in [0.1, 0.15) is 20.7 Å². The van der Waals surface area contributed by atoms with E-state index in [1.165, 1.54) is 24.5 Å². The highest BCUT2D eigenvalue weighted by molar-refractivity contribution is 6.37. The third kappa shape index (κ3) is 7.24. The third-order valence-electron chi connectivity index (χ3n) is 8.32. The van der Waals surface area contributed by atoms with Crippen LogP contribution in [-0.4, -0.2) is 40.9 Å². The average Bonchev–Trinajstić information content (AvgIpc) is 3.73. The zero-order valence-corrected chi connectivity index (χ0v) is 31.9. The van der Waals surface area contributed by atoms with Crippen molar-refractivity contribution < 1.29 is 19.8 Å². The lowest BCUT2D eigenvalue weighted by Crippen LogP contribution is -2.00. The van der Waals surface area contributed by atoms with Gasteiger partial charge in [0, 0.05) is 44.7 Å². The van der Waals surface area contributed by atoms with E-state index in [9.17, 15) is 19.8 Å². The van der Waals surface area contributed by atoms with Crippen LogP contribution in [0.2, 0.25) is 30.1 Å². The van der Waals surface area contributed by atoms with Gasteiger partial charge in [0.2, 0.25) is 0 Å². The van der Waals surface area contributed by atoms with E-state index in [0.29, 0.717) is 59.7 Å². The van der Waals surface area contributed by atoms with Gasteiger partial charge in [-0.3, -0.25) is 8.80 Å². The number of fused-ring (bicyclic) bond motifs is 2. The van der Waals surface area contributed by atoms with Gasteiger partial charge in [0.1, 0.15) is 0 Å². The van der Waals surface area contributed by atoms with Crippen LogP contribution in [0.15, 0.2) is 122 Å². The molecule has 4 aromatic carbocycles. The summed E-state index contributed by atoms with van der Waals surface area (Å²) in [5, 5.41) is 21.3. The van der Waals surface area contributed by atoms with Crippen LogP contribution in [0.25, 0.3) is 56.3 Å². The summed E-state index contributed by atoms with van der Waals surface area (Å²) in [6.07, 6.45) is 2.99. The minimum absolute atomic E-state index is 0.0517. The Bertz CT molecular complexity index is 2740. The van der Waals surface area contributed by atoms with E-state index < -0.39 is 11.9 Å². The molecule has 4 aromatic heterocycles.